The number of nitrogens with two attached hydrogens (primary N) is 1. The van der Waals surface area contributed by atoms with E-state index in [1.165, 1.54) is 0 Å². The van der Waals surface area contributed by atoms with Crippen molar-refractivity contribution in [1.82, 2.24) is 10.3 Å². The molecule has 1 aromatic heterocycles. The highest BCUT2D eigenvalue weighted by Gasteiger charge is 2.31. The van der Waals surface area contributed by atoms with Crippen molar-refractivity contribution in [3.8, 4) is 0 Å². The first kappa shape index (κ1) is 12.4. The number of nitrogens with zero attached hydrogens (tertiary/aromatic N) is 2. The van der Waals surface area contributed by atoms with Crippen molar-refractivity contribution in [1.29, 1.82) is 0 Å². The molecule has 0 aromatic carbocycles. The third-order valence-corrected chi connectivity index (χ3v) is 2.98. The first-order chi connectivity index (χ1) is 8.49. The fourth-order valence-electron chi connectivity index (χ4n) is 1.72. The van der Waals surface area contributed by atoms with Crippen molar-refractivity contribution >= 4 is 34.8 Å². The third-order valence-electron chi connectivity index (χ3n) is 2.75. The Morgan fingerprint density at radius 1 is 1.61 bits per heavy atom. The Hall–Kier alpha value is -2.02. The number of imide groups is 1. The number of hydrogen-bond donors (Lipinski definition) is 2. The van der Waals surface area contributed by atoms with Gasteiger partial charge in [0.25, 0.3) is 0 Å². The molecule has 0 spiro atoms. The van der Waals surface area contributed by atoms with E-state index in [1.54, 1.807) is 30.2 Å². The van der Waals surface area contributed by atoms with E-state index in [-0.39, 0.29) is 23.3 Å². The number of aromatic nitrogens is 1. The molecule has 94 valence electrons. The highest BCUT2D eigenvalue weighted by molar-refractivity contribution is 7.80. The van der Waals surface area contributed by atoms with Gasteiger partial charge in [-0.25, -0.2) is 4.98 Å². The molecule has 6 nitrogen and oxygen atoms in total. The third kappa shape index (κ3) is 2.30. The number of thiocarbonyl (C=S) groups is 1. The lowest BCUT2D eigenvalue weighted by Crippen LogP contribution is -2.57. The molecule has 2 heterocycles. The van der Waals surface area contributed by atoms with E-state index in [0.717, 1.165) is 0 Å². The van der Waals surface area contributed by atoms with Crippen LogP contribution in [0.5, 0.6) is 0 Å². The van der Waals surface area contributed by atoms with Crippen molar-refractivity contribution < 1.29 is 9.59 Å². The summed E-state index contributed by atoms with van der Waals surface area (Å²) in [5.74, 6) is -0.176. The smallest absolute Gasteiger partial charge is 0.249 e. The molecular weight excluding hydrogens is 252 g/mol. The van der Waals surface area contributed by atoms with Crippen LogP contribution in [0, 0.1) is 0 Å². The molecule has 2 rings (SSSR count). The summed E-state index contributed by atoms with van der Waals surface area (Å²) in [6.07, 6.45) is 1.55. The van der Waals surface area contributed by atoms with Crippen LogP contribution in [-0.4, -0.2) is 34.4 Å². The topological polar surface area (TPSA) is 88.3 Å². The van der Waals surface area contributed by atoms with Gasteiger partial charge in [0, 0.05) is 11.8 Å². The fraction of sp³-hybridized carbons (Fsp3) is 0.273. The SMILES string of the molecule is CC1C(=O)NC(=O)CN1c1cc(C(N)=S)ccn1. The van der Waals surface area contributed by atoms with Crippen LogP contribution in [0.25, 0.3) is 0 Å². The first-order valence-corrected chi connectivity index (χ1v) is 5.76. The fourth-order valence-corrected chi connectivity index (χ4v) is 1.85. The Bertz CT molecular complexity index is 532. The number of anilines is 1. The van der Waals surface area contributed by atoms with Gasteiger partial charge < -0.3 is 10.6 Å². The Morgan fingerprint density at radius 2 is 2.33 bits per heavy atom. The van der Waals surface area contributed by atoms with Crippen molar-refractivity contribution in [3.05, 3.63) is 23.9 Å². The normalized spacial score (nSPS) is 19.6. The van der Waals surface area contributed by atoms with E-state index in [0.29, 0.717) is 11.4 Å². The predicted octanol–water partition coefficient (Wildman–Crippen LogP) is -0.433. The standard InChI is InChI=1S/C11H12N4O2S/c1-6-11(17)14-9(16)5-15(6)8-4-7(10(12)18)2-3-13-8/h2-4,6H,5H2,1H3,(H2,12,18)(H,14,16,17). The molecule has 1 fully saturated rings. The van der Waals surface area contributed by atoms with Crippen LogP contribution in [0.3, 0.4) is 0 Å². The Morgan fingerprint density at radius 3 is 3.00 bits per heavy atom. The van der Waals surface area contributed by atoms with Gasteiger partial charge in [-0.05, 0) is 19.1 Å². The number of piperazine rings is 1. The second kappa shape index (κ2) is 4.69. The molecule has 1 aromatic rings. The molecular formula is C11H12N4O2S. The van der Waals surface area contributed by atoms with Crippen LogP contribution < -0.4 is 16.0 Å². The summed E-state index contributed by atoms with van der Waals surface area (Å²) in [5, 5.41) is 2.27. The minimum atomic E-state index is -0.461. The van der Waals surface area contributed by atoms with Gasteiger partial charge in [-0.3, -0.25) is 14.9 Å². The van der Waals surface area contributed by atoms with E-state index in [9.17, 15) is 9.59 Å². The Balaban J connectivity index is 2.35. The molecule has 1 unspecified atom stereocenters. The van der Waals surface area contributed by atoms with Gasteiger partial charge in [0.05, 0.1) is 6.54 Å². The number of hydrogen-bond acceptors (Lipinski definition) is 5. The van der Waals surface area contributed by atoms with Crippen LogP contribution in [-0.2, 0) is 9.59 Å². The largest absolute Gasteiger partial charge is 0.389 e. The van der Waals surface area contributed by atoms with Crippen LogP contribution in [0.15, 0.2) is 18.3 Å². The molecule has 0 aliphatic carbocycles. The van der Waals surface area contributed by atoms with Crippen molar-refractivity contribution in [2.75, 3.05) is 11.4 Å². The molecule has 3 N–H and O–H groups in total. The van der Waals surface area contributed by atoms with E-state index in [2.05, 4.69) is 10.3 Å². The predicted molar refractivity (Wildman–Crippen MR) is 70.1 cm³/mol. The summed E-state index contributed by atoms with van der Waals surface area (Å²) in [7, 11) is 0. The number of nitrogens with one attached hydrogen (secondary N) is 1. The average molecular weight is 264 g/mol. The van der Waals surface area contributed by atoms with Gasteiger partial charge in [0.2, 0.25) is 11.8 Å². The average Bonchev–Trinajstić information content (AvgIpc) is 2.34. The zero-order chi connectivity index (χ0) is 13.3. The molecule has 1 atom stereocenters. The maximum absolute atomic E-state index is 11.6. The van der Waals surface area contributed by atoms with E-state index >= 15 is 0 Å². The van der Waals surface area contributed by atoms with E-state index < -0.39 is 6.04 Å². The number of pyridine rings is 1. The second-order valence-corrected chi connectivity index (χ2v) is 4.42. The zero-order valence-electron chi connectivity index (χ0n) is 9.71. The molecule has 1 aliphatic rings. The number of amides is 2. The Kier molecular flexibility index (Phi) is 3.24. The molecule has 2 amide bonds. The minimum Gasteiger partial charge on any atom is -0.389 e. The van der Waals surface area contributed by atoms with Crippen molar-refractivity contribution in [2.24, 2.45) is 5.73 Å². The lowest BCUT2D eigenvalue weighted by atomic mass is 10.2. The van der Waals surface area contributed by atoms with Gasteiger partial charge in [0.1, 0.15) is 16.8 Å². The molecule has 0 radical (unpaired) electrons. The number of carbonyl (C=O) groups is 2. The van der Waals surface area contributed by atoms with E-state index in [4.69, 9.17) is 18.0 Å². The molecule has 0 saturated carbocycles. The second-order valence-electron chi connectivity index (χ2n) is 3.98. The lowest BCUT2D eigenvalue weighted by molar-refractivity contribution is -0.132. The van der Waals surface area contributed by atoms with Gasteiger partial charge in [0.15, 0.2) is 0 Å². The van der Waals surface area contributed by atoms with Crippen LogP contribution >= 0.6 is 12.2 Å². The quantitative estimate of drug-likeness (QED) is 0.556. The highest BCUT2D eigenvalue weighted by atomic mass is 32.1. The summed E-state index contributed by atoms with van der Waals surface area (Å²) in [6.45, 7) is 1.79. The molecule has 0 bridgehead atoms. The van der Waals surface area contributed by atoms with Crippen molar-refractivity contribution in [2.45, 2.75) is 13.0 Å². The minimum absolute atomic E-state index is 0.0840. The monoisotopic (exact) mass is 264 g/mol. The molecule has 1 aliphatic heterocycles. The number of carbonyl (C=O) groups excluding carboxylic acids is 2. The Labute approximate surface area is 109 Å². The van der Waals surface area contributed by atoms with Crippen LogP contribution in [0.2, 0.25) is 0 Å². The van der Waals surface area contributed by atoms with E-state index in [1.807, 2.05) is 0 Å². The summed E-state index contributed by atoms with van der Waals surface area (Å²) < 4.78 is 0. The molecule has 1 saturated heterocycles. The van der Waals surface area contributed by atoms with Gasteiger partial charge in [-0.15, -0.1) is 0 Å². The van der Waals surface area contributed by atoms with Gasteiger partial charge >= 0.3 is 0 Å². The maximum Gasteiger partial charge on any atom is 0.249 e. The maximum atomic E-state index is 11.6. The van der Waals surface area contributed by atoms with Gasteiger partial charge in [-0.1, -0.05) is 12.2 Å². The molecule has 7 heteroatoms. The van der Waals surface area contributed by atoms with Crippen molar-refractivity contribution in [3.63, 3.8) is 0 Å². The summed E-state index contributed by atoms with van der Waals surface area (Å²) in [4.78, 5) is 28.9. The zero-order valence-corrected chi connectivity index (χ0v) is 10.5. The lowest BCUT2D eigenvalue weighted by Gasteiger charge is -2.32. The summed E-state index contributed by atoms with van der Waals surface area (Å²) in [5.41, 5.74) is 6.19. The summed E-state index contributed by atoms with van der Waals surface area (Å²) >= 11 is 4.88. The molecule has 18 heavy (non-hydrogen) atoms. The number of rotatable bonds is 2. The highest BCUT2D eigenvalue weighted by Crippen LogP contribution is 2.17. The van der Waals surface area contributed by atoms with Gasteiger partial charge in [-0.2, -0.15) is 0 Å². The summed E-state index contributed by atoms with van der Waals surface area (Å²) in [6, 6.07) is 2.89. The van der Waals surface area contributed by atoms with Crippen LogP contribution in [0.4, 0.5) is 5.82 Å². The van der Waals surface area contributed by atoms with Crippen LogP contribution in [0.1, 0.15) is 12.5 Å². The first-order valence-electron chi connectivity index (χ1n) is 5.35.